The van der Waals surface area contributed by atoms with Gasteiger partial charge in [-0.2, -0.15) is 0 Å². The molecule has 0 bridgehead atoms. The van der Waals surface area contributed by atoms with Crippen LogP contribution in [0, 0.1) is 12.7 Å². The fourth-order valence-electron chi connectivity index (χ4n) is 2.90. The van der Waals surface area contributed by atoms with E-state index in [0.717, 1.165) is 11.1 Å². The number of nitrogens with one attached hydrogen (secondary N) is 1. The van der Waals surface area contributed by atoms with E-state index in [2.05, 4.69) is 5.32 Å². The molecule has 2 amide bonds. The lowest BCUT2D eigenvalue weighted by atomic mass is 10.1. The lowest BCUT2D eigenvalue weighted by molar-refractivity contribution is -0.140. The van der Waals surface area contributed by atoms with Crippen LogP contribution in [-0.4, -0.2) is 28.8 Å². The molecule has 0 fully saturated rings. The molecule has 1 N–H and O–H groups in total. The third-order valence-electron chi connectivity index (χ3n) is 4.33. The van der Waals surface area contributed by atoms with Gasteiger partial charge >= 0.3 is 0 Å². The summed E-state index contributed by atoms with van der Waals surface area (Å²) >= 11 is 0. The summed E-state index contributed by atoms with van der Waals surface area (Å²) in [6, 6.07) is 13.3. The van der Waals surface area contributed by atoms with Gasteiger partial charge in [0.2, 0.25) is 11.8 Å². The Hall–Kier alpha value is -2.69. The van der Waals surface area contributed by atoms with Crippen LogP contribution in [0.15, 0.2) is 48.5 Å². The molecule has 2 rings (SSSR count). The number of rotatable bonds is 7. The maximum absolute atomic E-state index is 14.1. The van der Waals surface area contributed by atoms with Crippen LogP contribution in [0.3, 0.4) is 0 Å². The second-order valence-corrected chi connectivity index (χ2v) is 7.12. The van der Waals surface area contributed by atoms with Crippen molar-refractivity contribution >= 4 is 11.8 Å². The largest absolute Gasteiger partial charge is 0.352 e. The van der Waals surface area contributed by atoms with E-state index in [1.807, 2.05) is 45.0 Å². The quantitative estimate of drug-likeness (QED) is 0.809. The summed E-state index contributed by atoms with van der Waals surface area (Å²) in [6.45, 7) is 7.40. The van der Waals surface area contributed by atoms with Crippen LogP contribution >= 0.6 is 0 Å². The van der Waals surface area contributed by atoms with Gasteiger partial charge in [0.1, 0.15) is 11.9 Å². The van der Waals surface area contributed by atoms with Gasteiger partial charge in [-0.05, 0) is 39.3 Å². The van der Waals surface area contributed by atoms with Gasteiger partial charge in [0.15, 0.2) is 0 Å². The molecule has 0 aliphatic heterocycles. The van der Waals surface area contributed by atoms with Gasteiger partial charge in [0, 0.05) is 18.2 Å². The third-order valence-corrected chi connectivity index (χ3v) is 4.33. The minimum atomic E-state index is -0.704. The van der Waals surface area contributed by atoms with Crippen molar-refractivity contribution in [2.75, 3.05) is 0 Å². The minimum absolute atomic E-state index is 0.0397. The summed E-state index contributed by atoms with van der Waals surface area (Å²) in [6.07, 6.45) is 0.162. The molecule has 0 radical (unpaired) electrons. The Morgan fingerprint density at radius 3 is 2.41 bits per heavy atom. The van der Waals surface area contributed by atoms with E-state index < -0.39 is 6.04 Å². The smallest absolute Gasteiger partial charge is 0.242 e. The van der Waals surface area contributed by atoms with Crippen LogP contribution in [0.25, 0.3) is 0 Å². The molecule has 27 heavy (non-hydrogen) atoms. The molecule has 4 nitrogen and oxygen atoms in total. The zero-order valence-corrected chi connectivity index (χ0v) is 16.3. The molecule has 0 spiro atoms. The summed E-state index contributed by atoms with van der Waals surface area (Å²) in [5, 5.41) is 2.82. The molecule has 2 aromatic carbocycles. The molecule has 0 aliphatic rings. The first-order valence-electron chi connectivity index (χ1n) is 9.16. The molecule has 0 saturated carbocycles. The highest BCUT2D eigenvalue weighted by Gasteiger charge is 2.27. The molecule has 0 saturated heterocycles. The molecular formula is C22H27FN2O2. The molecule has 144 valence electrons. The summed E-state index contributed by atoms with van der Waals surface area (Å²) in [5.41, 5.74) is 2.32. The fourth-order valence-corrected chi connectivity index (χ4v) is 2.90. The van der Waals surface area contributed by atoms with Crippen molar-refractivity contribution in [1.82, 2.24) is 10.2 Å². The Morgan fingerprint density at radius 1 is 1.07 bits per heavy atom. The van der Waals surface area contributed by atoms with E-state index in [0.29, 0.717) is 5.56 Å². The molecule has 1 atom stereocenters. The molecule has 0 unspecified atom stereocenters. The predicted octanol–water partition coefficient (Wildman–Crippen LogP) is 3.62. The maximum atomic E-state index is 14.1. The number of carbonyl (C=O) groups is 2. The fraction of sp³-hybridized carbons (Fsp3) is 0.364. The number of benzene rings is 2. The summed E-state index contributed by atoms with van der Waals surface area (Å²) in [5.74, 6) is -0.850. The van der Waals surface area contributed by atoms with Crippen LogP contribution in [0.4, 0.5) is 4.39 Å². The zero-order valence-electron chi connectivity index (χ0n) is 16.3. The average molecular weight is 370 g/mol. The lowest BCUT2D eigenvalue weighted by Crippen LogP contribution is -2.49. The number of hydrogen-bond donors (Lipinski definition) is 1. The Labute approximate surface area is 160 Å². The van der Waals surface area contributed by atoms with Gasteiger partial charge in [0.25, 0.3) is 0 Å². The highest BCUT2D eigenvalue weighted by Crippen LogP contribution is 2.15. The Morgan fingerprint density at radius 2 is 1.78 bits per heavy atom. The van der Waals surface area contributed by atoms with Gasteiger partial charge in [0.05, 0.1) is 6.42 Å². The first kappa shape index (κ1) is 20.6. The van der Waals surface area contributed by atoms with Crippen molar-refractivity contribution in [1.29, 1.82) is 0 Å². The lowest BCUT2D eigenvalue weighted by Gasteiger charge is -2.29. The predicted molar refractivity (Wildman–Crippen MR) is 105 cm³/mol. The number of aryl methyl sites for hydroxylation is 1. The van der Waals surface area contributed by atoms with E-state index in [1.54, 1.807) is 25.1 Å². The second kappa shape index (κ2) is 9.31. The van der Waals surface area contributed by atoms with Gasteiger partial charge in [-0.15, -0.1) is 0 Å². The van der Waals surface area contributed by atoms with Gasteiger partial charge in [-0.3, -0.25) is 9.59 Å². The summed E-state index contributed by atoms with van der Waals surface area (Å²) in [7, 11) is 0. The number of halogens is 1. The van der Waals surface area contributed by atoms with Crippen molar-refractivity contribution < 1.29 is 14.0 Å². The summed E-state index contributed by atoms with van der Waals surface area (Å²) < 4.78 is 14.1. The highest BCUT2D eigenvalue weighted by atomic mass is 19.1. The van der Waals surface area contributed by atoms with Crippen molar-refractivity contribution in [3.63, 3.8) is 0 Å². The minimum Gasteiger partial charge on any atom is -0.352 e. The van der Waals surface area contributed by atoms with E-state index >= 15 is 0 Å². The Balaban J connectivity index is 2.26. The second-order valence-electron chi connectivity index (χ2n) is 7.12. The molecule has 2 aromatic rings. The normalized spacial score (nSPS) is 11.9. The standard InChI is InChI=1S/C22H27FN2O2/c1-15(2)24-22(27)17(4)25(14-19-10-5-6-11-20(19)23)21(26)13-18-9-7-8-16(3)12-18/h5-12,15,17H,13-14H2,1-4H3,(H,24,27)/t17-/m0/s1. The topological polar surface area (TPSA) is 49.4 Å². The SMILES string of the molecule is Cc1cccc(CC(=O)N(Cc2ccccc2F)[C@@H](C)C(=O)NC(C)C)c1. The number of nitrogens with zero attached hydrogens (tertiary/aromatic N) is 1. The van der Waals surface area contributed by atoms with E-state index in [9.17, 15) is 14.0 Å². The first-order valence-corrected chi connectivity index (χ1v) is 9.16. The van der Waals surface area contributed by atoms with Crippen LogP contribution in [-0.2, 0) is 22.6 Å². The van der Waals surface area contributed by atoms with Gasteiger partial charge in [-0.1, -0.05) is 48.0 Å². The molecule has 0 aromatic heterocycles. The molecular weight excluding hydrogens is 343 g/mol. The van der Waals surface area contributed by atoms with Gasteiger partial charge in [-0.25, -0.2) is 4.39 Å². The number of carbonyl (C=O) groups excluding carboxylic acids is 2. The van der Waals surface area contributed by atoms with Crippen molar-refractivity contribution in [3.05, 3.63) is 71.0 Å². The highest BCUT2D eigenvalue weighted by molar-refractivity contribution is 5.88. The Bertz CT molecular complexity index is 804. The van der Waals surface area contributed by atoms with Crippen LogP contribution < -0.4 is 5.32 Å². The third kappa shape index (κ3) is 5.91. The van der Waals surface area contributed by atoms with Crippen LogP contribution in [0.1, 0.15) is 37.5 Å². The van der Waals surface area contributed by atoms with Gasteiger partial charge < -0.3 is 10.2 Å². The zero-order chi connectivity index (χ0) is 20.0. The van der Waals surface area contributed by atoms with E-state index in [1.165, 1.54) is 11.0 Å². The van der Waals surface area contributed by atoms with Crippen LogP contribution in [0.2, 0.25) is 0 Å². The van der Waals surface area contributed by atoms with Crippen molar-refractivity contribution in [2.24, 2.45) is 0 Å². The van der Waals surface area contributed by atoms with Crippen molar-refractivity contribution in [3.8, 4) is 0 Å². The molecule has 0 aliphatic carbocycles. The summed E-state index contributed by atoms with van der Waals surface area (Å²) in [4.78, 5) is 26.9. The van der Waals surface area contributed by atoms with E-state index in [4.69, 9.17) is 0 Å². The van der Waals surface area contributed by atoms with E-state index in [-0.39, 0.29) is 36.6 Å². The Kier molecular flexibility index (Phi) is 7.11. The maximum Gasteiger partial charge on any atom is 0.242 e. The van der Waals surface area contributed by atoms with Crippen molar-refractivity contribution in [2.45, 2.75) is 52.7 Å². The molecule has 0 heterocycles. The number of amides is 2. The first-order chi connectivity index (χ1) is 12.8. The monoisotopic (exact) mass is 370 g/mol. The average Bonchev–Trinajstić information content (AvgIpc) is 2.59. The number of hydrogen-bond acceptors (Lipinski definition) is 2. The molecule has 5 heteroatoms. The van der Waals surface area contributed by atoms with Crippen LogP contribution in [0.5, 0.6) is 0 Å².